The van der Waals surface area contributed by atoms with E-state index in [1.165, 1.54) is 7.11 Å². The maximum atomic E-state index is 12.5. The van der Waals surface area contributed by atoms with Gasteiger partial charge in [0.05, 0.1) is 0 Å². The third-order valence-corrected chi connectivity index (χ3v) is 3.82. The van der Waals surface area contributed by atoms with Gasteiger partial charge in [-0.05, 0) is 24.7 Å². The molecule has 0 unspecified atom stereocenters. The first-order chi connectivity index (χ1) is 10.9. The molecule has 4 nitrogen and oxygen atoms in total. The monoisotopic (exact) mass is 336 g/mol. The van der Waals surface area contributed by atoms with Crippen LogP contribution in [0.2, 0.25) is 0 Å². The van der Waals surface area contributed by atoms with Crippen molar-refractivity contribution >= 4 is 5.97 Å². The Labute approximate surface area is 146 Å². The van der Waals surface area contributed by atoms with Crippen LogP contribution in [0.25, 0.3) is 0 Å². The van der Waals surface area contributed by atoms with Crippen LogP contribution in [0.3, 0.4) is 0 Å². The second-order valence-electron chi connectivity index (χ2n) is 8.33. The van der Waals surface area contributed by atoms with Gasteiger partial charge in [0.15, 0.2) is 6.10 Å². The van der Waals surface area contributed by atoms with Crippen LogP contribution in [0.15, 0.2) is 12.1 Å². The van der Waals surface area contributed by atoms with Gasteiger partial charge in [-0.3, -0.25) is 0 Å². The van der Waals surface area contributed by atoms with Gasteiger partial charge in [0, 0.05) is 18.2 Å². The molecule has 0 N–H and O–H groups in total. The van der Waals surface area contributed by atoms with Gasteiger partial charge in [-0.15, -0.1) is 0 Å². The molecule has 0 saturated heterocycles. The predicted octanol–water partition coefficient (Wildman–Crippen LogP) is 4.50. The van der Waals surface area contributed by atoms with Crippen LogP contribution in [0.1, 0.15) is 65.2 Å². The van der Waals surface area contributed by atoms with Crippen LogP contribution in [0.4, 0.5) is 0 Å². The summed E-state index contributed by atoms with van der Waals surface area (Å²) in [7, 11) is 1.52. The standard InChI is InChI=1S/C20H32O4/c1-13-10-15(19(3,4)5)17(16(11-13)20(6,7)8)24-18(21)14(2)23-12-22-9/h10-11,14H,12H2,1-9H3/t14-/m1/s1. The van der Waals surface area contributed by atoms with E-state index in [0.717, 1.165) is 16.7 Å². The fraction of sp³-hybridized carbons (Fsp3) is 0.650. The van der Waals surface area contributed by atoms with Crippen LogP contribution in [-0.2, 0) is 25.1 Å². The highest BCUT2D eigenvalue weighted by atomic mass is 16.7. The van der Waals surface area contributed by atoms with E-state index in [4.69, 9.17) is 14.2 Å². The molecule has 1 atom stereocenters. The summed E-state index contributed by atoms with van der Waals surface area (Å²) in [6, 6.07) is 4.19. The van der Waals surface area contributed by atoms with Crippen molar-refractivity contribution in [1.82, 2.24) is 0 Å². The van der Waals surface area contributed by atoms with E-state index in [-0.39, 0.29) is 17.6 Å². The molecule has 1 rings (SSSR count). The highest BCUT2D eigenvalue weighted by Gasteiger charge is 2.30. The Kier molecular flexibility index (Phi) is 6.59. The van der Waals surface area contributed by atoms with Crippen LogP contribution < -0.4 is 4.74 Å². The Morgan fingerprint density at radius 3 is 1.88 bits per heavy atom. The number of rotatable bonds is 5. The Balaban J connectivity index is 3.35. The molecule has 0 fully saturated rings. The largest absolute Gasteiger partial charge is 0.424 e. The zero-order chi connectivity index (χ0) is 18.7. The third kappa shape index (κ3) is 5.32. The number of esters is 1. The van der Waals surface area contributed by atoms with Crippen LogP contribution in [0.5, 0.6) is 5.75 Å². The van der Waals surface area contributed by atoms with Crippen LogP contribution >= 0.6 is 0 Å². The molecule has 136 valence electrons. The molecule has 24 heavy (non-hydrogen) atoms. The van der Waals surface area contributed by atoms with Gasteiger partial charge in [0.25, 0.3) is 0 Å². The van der Waals surface area contributed by atoms with Gasteiger partial charge in [-0.25, -0.2) is 4.79 Å². The molecule has 1 aromatic rings. The molecule has 1 aromatic carbocycles. The van der Waals surface area contributed by atoms with Crippen molar-refractivity contribution in [3.05, 3.63) is 28.8 Å². The Morgan fingerprint density at radius 1 is 1.04 bits per heavy atom. The first-order valence-electron chi connectivity index (χ1n) is 8.35. The molecule has 0 aliphatic heterocycles. The van der Waals surface area contributed by atoms with Gasteiger partial charge < -0.3 is 14.2 Å². The van der Waals surface area contributed by atoms with Crippen molar-refractivity contribution in [1.29, 1.82) is 0 Å². The highest BCUT2D eigenvalue weighted by molar-refractivity contribution is 5.78. The van der Waals surface area contributed by atoms with Crippen molar-refractivity contribution in [2.45, 2.75) is 72.3 Å². The average molecular weight is 336 g/mol. The van der Waals surface area contributed by atoms with E-state index < -0.39 is 12.1 Å². The summed E-state index contributed by atoms with van der Waals surface area (Å²) >= 11 is 0. The summed E-state index contributed by atoms with van der Waals surface area (Å²) in [4.78, 5) is 12.5. The second kappa shape index (κ2) is 7.66. The fourth-order valence-corrected chi connectivity index (χ4v) is 2.42. The maximum Gasteiger partial charge on any atom is 0.340 e. The molecule has 0 saturated carbocycles. The van der Waals surface area contributed by atoms with Crippen LogP contribution in [-0.4, -0.2) is 26.0 Å². The molecular formula is C20H32O4. The molecule has 0 aromatic heterocycles. The molecule has 0 radical (unpaired) electrons. The summed E-state index contributed by atoms with van der Waals surface area (Å²) in [6.07, 6.45) is -0.688. The first kappa shape index (κ1) is 20.7. The van der Waals surface area contributed by atoms with Crippen LogP contribution in [0, 0.1) is 6.92 Å². The maximum absolute atomic E-state index is 12.5. The number of methoxy groups -OCH3 is 1. The summed E-state index contributed by atoms with van der Waals surface area (Å²) in [5.41, 5.74) is 2.93. The van der Waals surface area contributed by atoms with E-state index >= 15 is 0 Å². The Bertz CT molecular complexity index is 541. The zero-order valence-corrected chi connectivity index (χ0v) is 16.6. The molecule has 0 amide bonds. The minimum atomic E-state index is -0.688. The molecule has 0 aliphatic carbocycles. The quantitative estimate of drug-likeness (QED) is 0.451. The van der Waals surface area contributed by atoms with Crippen molar-refractivity contribution in [3.8, 4) is 5.75 Å². The number of benzene rings is 1. The van der Waals surface area contributed by atoms with Gasteiger partial charge in [0.1, 0.15) is 12.5 Å². The smallest absolute Gasteiger partial charge is 0.340 e. The Morgan fingerprint density at radius 2 is 1.50 bits per heavy atom. The van der Waals surface area contributed by atoms with Crippen molar-refractivity contribution in [2.75, 3.05) is 13.9 Å². The molecular weight excluding hydrogens is 304 g/mol. The third-order valence-electron chi connectivity index (χ3n) is 3.82. The minimum Gasteiger partial charge on any atom is -0.424 e. The molecule has 0 bridgehead atoms. The van der Waals surface area contributed by atoms with Gasteiger partial charge in [-0.1, -0.05) is 59.2 Å². The summed E-state index contributed by atoms with van der Waals surface area (Å²) in [5, 5.41) is 0. The lowest BCUT2D eigenvalue weighted by molar-refractivity contribution is -0.154. The molecule has 0 aliphatic rings. The SMILES string of the molecule is COCO[C@H](C)C(=O)Oc1c(C(C)(C)C)cc(C)cc1C(C)(C)C. The van der Waals surface area contributed by atoms with Gasteiger partial charge in [0.2, 0.25) is 0 Å². The van der Waals surface area contributed by atoms with E-state index in [9.17, 15) is 4.79 Å². The number of hydrogen-bond acceptors (Lipinski definition) is 4. The van der Waals surface area contributed by atoms with Gasteiger partial charge >= 0.3 is 5.97 Å². The number of hydrogen-bond donors (Lipinski definition) is 0. The second-order valence-corrected chi connectivity index (χ2v) is 8.33. The highest BCUT2D eigenvalue weighted by Crippen LogP contribution is 2.40. The fourth-order valence-electron chi connectivity index (χ4n) is 2.42. The lowest BCUT2D eigenvalue weighted by atomic mass is 9.78. The van der Waals surface area contributed by atoms with E-state index in [1.54, 1.807) is 6.92 Å². The minimum absolute atomic E-state index is 0.0580. The summed E-state index contributed by atoms with van der Waals surface area (Å²) < 4.78 is 16.0. The number of carbonyl (C=O) groups excluding carboxylic acids is 1. The molecule has 0 heterocycles. The van der Waals surface area contributed by atoms with E-state index in [0.29, 0.717) is 5.75 Å². The van der Waals surface area contributed by atoms with E-state index in [1.807, 2.05) is 0 Å². The number of aryl methyl sites for hydroxylation is 1. The predicted molar refractivity (Wildman–Crippen MR) is 96.6 cm³/mol. The number of ether oxygens (including phenoxy) is 3. The summed E-state index contributed by atoms with van der Waals surface area (Å²) in [5.74, 6) is 0.241. The topological polar surface area (TPSA) is 44.8 Å². The average Bonchev–Trinajstić information content (AvgIpc) is 2.43. The Hall–Kier alpha value is -1.39. The first-order valence-corrected chi connectivity index (χ1v) is 8.35. The van der Waals surface area contributed by atoms with Gasteiger partial charge in [-0.2, -0.15) is 0 Å². The zero-order valence-electron chi connectivity index (χ0n) is 16.6. The summed E-state index contributed by atoms with van der Waals surface area (Å²) in [6.45, 7) is 16.5. The van der Waals surface area contributed by atoms with Crippen molar-refractivity contribution < 1.29 is 19.0 Å². The molecule has 4 heteroatoms. The van der Waals surface area contributed by atoms with Crippen molar-refractivity contribution in [3.63, 3.8) is 0 Å². The van der Waals surface area contributed by atoms with Crippen molar-refractivity contribution in [2.24, 2.45) is 0 Å². The lowest BCUT2D eigenvalue weighted by Gasteiger charge is -2.30. The number of carbonyl (C=O) groups is 1. The van der Waals surface area contributed by atoms with E-state index in [2.05, 4.69) is 60.6 Å². The lowest BCUT2D eigenvalue weighted by Crippen LogP contribution is -2.29. The normalized spacial score (nSPS) is 13.7. The molecule has 0 spiro atoms.